The normalized spacial score (nSPS) is 10.8. The zero-order valence-electron chi connectivity index (χ0n) is 10.6. The van der Waals surface area contributed by atoms with Crippen LogP contribution in [0.1, 0.15) is 19.8 Å². The summed E-state index contributed by atoms with van der Waals surface area (Å²) in [6.45, 7) is 5.02. The van der Waals surface area contributed by atoms with Crippen LogP contribution in [-0.2, 0) is 6.54 Å². The second kappa shape index (κ2) is 10.4. The molecule has 1 heterocycles. The lowest BCUT2D eigenvalue weighted by Gasteiger charge is -2.11. The Morgan fingerprint density at radius 3 is 2.41 bits per heavy atom. The number of hydrogen-bond donors (Lipinski definition) is 2. The van der Waals surface area contributed by atoms with Crippen molar-refractivity contribution in [3.05, 3.63) is 24.5 Å². The van der Waals surface area contributed by atoms with Crippen molar-refractivity contribution in [1.29, 1.82) is 0 Å². The third kappa shape index (κ3) is 7.25. The summed E-state index contributed by atoms with van der Waals surface area (Å²) in [5.74, 6) is 0.889. The number of aromatic nitrogens is 1. The minimum Gasteiger partial charge on any atom is -0.356 e. The first-order chi connectivity index (χ1) is 7.86. The van der Waals surface area contributed by atoms with Crippen molar-refractivity contribution in [2.45, 2.75) is 26.3 Å². The molecule has 17 heavy (non-hydrogen) atoms. The molecule has 0 unspecified atom stereocenters. The molecule has 0 aliphatic carbocycles. The number of halogens is 1. The van der Waals surface area contributed by atoms with Crippen LogP contribution in [0.15, 0.2) is 29.5 Å². The van der Waals surface area contributed by atoms with Crippen LogP contribution in [0.4, 0.5) is 0 Å². The summed E-state index contributed by atoms with van der Waals surface area (Å²) in [6, 6.07) is 4.07. The van der Waals surface area contributed by atoms with Gasteiger partial charge >= 0.3 is 0 Å². The summed E-state index contributed by atoms with van der Waals surface area (Å²) < 4.78 is 2.15. The molecule has 0 bridgehead atoms. The number of rotatable bonds is 6. The molecule has 1 aromatic heterocycles. The molecule has 0 spiro atoms. The minimum absolute atomic E-state index is 0. The van der Waals surface area contributed by atoms with Crippen LogP contribution in [0.5, 0.6) is 0 Å². The number of unbranched alkanes of at least 4 members (excludes halogenated alkanes) is 1. The number of nitrogens with one attached hydrogen (secondary N) is 2. The highest BCUT2D eigenvalue weighted by atomic mass is 127. The van der Waals surface area contributed by atoms with Crippen LogP contribution in [0.25, 0.3) is 0 Å². The van der Waals surface area contributed by atoms with Crippen molar-refractivity contribution in [2.24, 2.45) is 4.99 Å². The van der Waals surface area contributed by atoms with E-state index in [1.165, 1.54) is 12.8 Å². The van der Waals surface area contributed by atoms with E-state index in [1.807, 2.05) is 12.1 Å². The molecule has 0 aliphatic rings. The van der Waals surface area contributed by atoms with Crippen LogP contribution >= 0.6 is 24.0 Å². The Kier molecular flexibility index (Phi) is 9.99. The Hall–Kier alpha value is -0.720. The van der Waals surface area contributed by atoms with E-state index in [4.69, 9.17) is 0 Å². The maximum absolute atomic E-state index is 4.16. The molecule has 2 N–H and O–H groups in total. The molecule has 0 aromatic carbocycles. The van der Waals surface area contributed by atoms with Gasteiger partial charge in [0.25, 0.3) is 0 Å². The van der Waals surface area contributed by atoms with Gasteiger partial charge in [-0.05, 0) is 18.6 Å². The van der Waals surface area contributed by atoms with Crippen molar-refractivity contribution in [3.8, 4) is 0 Å². The molecule has 0 radical (unpaired) electrons. The van der Waals surface area contributed by atoms with E-state index < -0.39 is 0 Å². The molecular weight excluding hydrogens is 327 g/mol. The van der Waals surface area contributed by atoms with Crippen LogP contribution in [0.3, 0.4) is 0 Å². The Morgan fingerprint density at radius 2 is 1.82 bits per heavy atom. The van der Waals surface area contributed by atoms with Gasteiger partial charge in [-0.25, -0.2) is 0 Å². The molecule has 0 saturated carbocycles. The fourth-order valence-corrected chi connectivity index (χ4v) is 1.43. The van der Waals surface area contributed by atoms with E-state index in [0.717, 1.165) is 25.6 Å². The van der Waals surface area contributed by atoms with E-state index >= 15 is 0 Å². The Morgan fingerprint density at radius 1 is 1.18 bits per heavy atom. The second-order valence-corrected chi connectivity index (χ2v) is 3.70. The summed E-state index contributed by atoms with van der Waals surface area (Å²) in [5, 5.41) is 6.56. The van der Waals surface area contributed by atoms with E-state index in [-0.39, 0.29) is 24.0 Å². The molecule has 1 rings (SSSR count). The van der Waals surface area contributed by atoms with Gasteiger partial charge < -0.3 is 15.2 Å². The number of aliphatic imine (C=N–C) groups is 1. The fraction of sp³-hybridized carbons (Fsp3) is 0.583. The highest BCUT2D eigenvalue weighted by molar-refractivity contribution is 14.0. The van der Waals surface area contributed by atoms with Gasteiger partial charge in [0.1, 0.15) is 0 Å². The van der Waals surface area contributed by atoms with Crippen LogP contribution in [0, 0.1) is 0 Å². The molecule has 0 saturated heterocycles. The lowest BCUT2D eigenvalue weighted by atomic mass is 10.3. The summed E-state index contributed by atoms with van der Waals surface area (Å²) >= 11 is 0. The molecule has 0 fully saturated rings. The van der Waals surface area contributed by atoms with E-state index in [2.05, 4.69) is 39.5 Å². The molecule has 98 valence electrons. The predicted molar refractivity (Wildman–Crippen MR) is 84.1 cm³/mol. The zero-order valence-corrected chi connectivity index (χ0v) is 13.0. The summed E-state index contributed by atoms with van der Waals surface area (Å²) in [6.07, 6.45) is 6.51. The number of guanidine groups is 1. The Labute approximate surface area is 121 Å². The van der Waals surface area contributed by atoms with Crippen molar-refractivity contribution in [3.63, 3.8) is 0 Å². The highest BCUT2D eigenvalue weighted by Crippen LogP contribution is 1.88. The first kappa shape index (κ1) is 16.3. The van der Waals surface area contributed by atoms with Gasteiger partial charge in [0.15, 0.2) is 5.96 Å². The van der Waals surface area contributed by atoms with E-state index in [0.29, 0.717) is 0 Å². The molecule has 1 aromatic rings. The maximum Gasteiger partial charge on any atom is 0.191 e. The van der Waals surface area contributed by atoms with Crippen LogP contribution in [0.2, 0.25) is 0 Å². The fourth-order valence-electron chi connectivity index (χ4n) is 1.43. The van der Waals surface area contributed by atoms with Gasteiger partial charge in [0, 0.05) is 39.1 Å². The van der Waals surface area contributed by atoms with Gasteiger partial charge in [-0.15, -0.1) is 24.0 Å². The quantitative estimate of drug-likeness (QED) is 0.357. The molecule has 0 amide bonds. The first-order valence-electron chi connectivity index (χ1n) is 5.92. The van der Waals surface area contributed by atoms with E-state index in [9.17, 15) is 0 Å². The average Bonchev–Trinajstić information content (AvgIpc) is 2.80. The van der Waals surface area contributed by atoms with Crippen molar-refractivity contribution < 1.29 is 0 Å². The second-order valence-electron chi connectivity index (χ2n) is 3.70. The van der Waals surface area contributed by atoms with E-state index in [1.54, 1.807) is 7.05 Å². The smallest absolute Gasteiger partial charge is 0.191 e. The average molecular weight is 350 g/mol. The highest BCUT2D eigenvalue weighted by Gasteiger charge is 1.95. The molecule has 0 aliphatic heterocycles. The van der Waals surface area contributed by atoms with Gasteiger partial charge in [0.05, 0.1) is 0 Å². The lowest BCUT2D eigenvalue weighted by molar-refractivity contribution is 0.659. The SMILES string of the molecule is CCCCNC(=NC)NCCn1cccc1.I. The third-order valence-corrected chi connectivity index (χ3v) is 2.38. The van der Waals surface area contributed by atoms with Crippen LogP contribution in [-0.4, -0.2) is 30.7 Å². The van der Waals surface area contributed by atoms with Crippen molar-refractivity contribution in [1.82, 2.24) is 15.2 Å². The summed E-state index contributed by atoms with van der Waals surface area (Å²) in [5.41, 5.74) is 0. The first-order valence-corrected chi connectivity index (χ1v) is 5.92. The third-order valence-electron chi connectivity index (χ3n) is 2.38. The lowest BCUT2D eigenvalue weighted by Crippen LogP contribution is -2.39. The summed E-state index contributed by atoms with van der Waals surface area (Å²) in [7, 11) is 1.80. The predicted octanol–water partition coefficient (Wildman–Crippen LogP) is 2.07. The largest absolute Gasteiger partial charge is 0.356 e. The summed E-state index contributed by atoms with van der Waals surface area (Å²) in [4.78, 5) is 4.16. The maximum atomic E-state index is 4.16. The standard InChI is InChI=1S/C12H22N4.HI/c1-3-4-7-14-12(13-2)15-8-11-16-9-5-6-10-16;/h5-6,9-10H,3-4,7-8,11H2,1-2H3,(H2,13,14,15);1H. The van der Waals surface area contributed by atoms with Gasteiger partial charge in [-0.2, -0.15) is 0 Å². The van der Waals surface area contributed by atoms with Gasteiger partial charge in [-0.3, -0.25) is 4.99 Å². The zero-order chi connectivity index (χ0) is 11.6. The Bertz CT molecular complexity index is 295. The topological polar surface area (TPSA) is 41.4 Å². The van der Waals surface area contributed by atoms with Gasteiger partial charge in [-0.1, -0.05) is 13.3 Å². The number of hydrogen-bond acceptors (Lipinski definition) is 1. The molecule has 4 nitrogen and oxygen atoms in total. The monoisotopic (exact) mass is 350 g/mol. The molecular formula is C12H23IN4. The van der Waals surface area contributed by atoms with Crippen LogP contribution < -0.4 is 10.6 Å². The van der Waals surface area contributed by atoms with Crippen molar-refractivity contribution in [2.75, 3.05) is 20.1 Å². The Balaban J connectivity index is 0.00000256. The number of nitrogens with zero attached hydrogens (tertiary/aromatic N) is 2. The molecule has 5 heteroatoms. The van der Waals surface area contributed by atoms with Crippen molar-refractivity contribution >= 4 is 29.9 Å². The minimum atomic E-state index is 0. The van der Waals surface area contributed by atoms with Gasteiger partial charge in [0.2, 0.25) is 0 Å². The molecule has 0 atom stereocenters.